The van der Waals surface area contributed by atoms with Gasteiger partial charge in [0, 0.05) is 0 Å². The molecule has 16 heavy (non-hydrogen) atoms. The van der Waals surface area contributed by atoms with Crippen molar-refractivity contribution in [2.75, 3.05) is 11.5 Å². The van der Waals surface area contributed by atoms with Gasteiger partial charge in [0.15, 0.2) is 0 Å². The van der Waals surface area contributed by atoms with Crippen LogP contribution in [0.3, 0.4) is 0 Å². The zero-order valence-electron chi connectivity index (χ0n) is 11.3. The molecule has 0 saturated carbocycles. The van der Waals surface area contributed by atoms with Gasteiger partial charge in [-0.15, -0.1) is 23.5 Å². The van der Waals surface area contributed by atoms with Gasteiger partial charge in [-0.05, 0) is 36.2 Å². The molecule has 1 fully saturated rings. The van der Waals surface area contributed by atoms with Crippen LogP contribution in [0.1, 0.15) is 65.7 Å². The summed E-state index contributed by atoms with van der Waals surface area (Å²) in [4.78, 5) is 0. The molecule has 96 valence electrons. The standard InChI is InChI=1S/C14H28S2/c1-4-6-7-8-10-14(3,5-2)13-15-11-9-12-16-13/h13H,4-12H2,1-3H3. The zero-order chi connectivity index (χ0) is 11.9. The Morgan fingerprint density at radius 3 is 2.31 bits per heavy atom. The van der Waals surface area contributed by atoms with Crippen molar-refractivity contribution in [3.63, 3.8) is 0 Å². The van der Waals surface area contributed by atoms with Crippen LogP contribution in [-0.2, 0) is 0 Å². The van der Waals surface area contributed by atoms with E-state index in [9.17, 15) is 0 Å². The van der Waals surface area contributed by atoms with Crippen molar-refractivity contribution in [3.05, 3.63) is 0 Å². The first kappa shape index (κ1) is 14.8. The maximum atomic E-state index is 2.52. The molecule has 1 saturated heterocycles. The number of thioether (sulfide) groups is 2. The van der Waals surface area contributed by atoms with Gasteiger partial charge in [0.2, 0.25) is 0 Å². The molecular weight excluding hydrogens is 232 g/mol. The zero-order valence-corrected chi connectivity index (χ0v) is 12.9. The summed E-state index contributed by atoms with van der Waals surface area (Å²) in [7, 11) is 0. The molecule has 0 radical (unpaired) electrons. The Morgan fingerprint density at radius 2 is 1.75 bits per heavy atom. The van der Waals surface area contributed by atoms with Gasteiger partial charge in [0.25, 0.3) is 0 Å². The highest BCUT2D eigenvalue weighted by Gasteiger charge is 2.33. The average Bonchev–Trinajstić information content (AvgIpc) is 2.35. The van der Waals surface area contributed by atoms with Crippen LogP contribution in [-0.4, -0.2) is 16.1 Å². The van der Waals surface area contributed by atoms with E-state index in [-0.39, 0.29) is 0 Å². The van der Waals surface area contributed by atoms with E-state index in [0.717, 1.165) is 4.58 Å². The maximum Gasteiger partial charge on any atom is 0.0555 e. The molecule has 0 bridgehead atoms. The van der Waals surface area contributed by atoms with Gasteiger partial charge in [-0.1, -0.05) is 46.5 Å². The summed E-state index contributed by atoms with van der Waals surface area (Å²) in [5.74, 6) is 2.78. The fourth-order valence-electron chi connectivity index (χ4n) is 2.31. The third-order valence-corrected chi connectivity index (χ3v) is 7.41. The van der Waals surface area contributed by atoms with Crippen LogP contribution in [0, 0.1) is 5.41 Å². The Hall–Kier alpha value is 0.700. The largest absolute Gasteiger partial charge is 0.147 e. The van der Waals surface area contributed by atoms with Crippen LogP contribution in [0.25, 0.3) is 0 Å². The molecule has 0 aromatic heterocycles. The van der Waals surface area contributed by atoms with Crippen LogP contribution in [0.5, 0.6) is 0 Å². The molecule has 0 aliphatic carbocycles. The molecule has 1 unspecified atom stereocenters. The predicted molar refractivity (Wildman–Crippen MR) is 80.5 cm³/mol. The maximum absolute atomic E-state index is 2.52. The van der Waals surface area contributed by atoms with Crippen molar-refractivity contribution in [2.24, 2.45) is 5.41 Å². The van der Waals surface area contributed by atoms with Gasteiger partial charge in [-0.3, -0.25) is 0 Å². The molecule has 1 atom stereocenters. The average molecular weight is 261 g/mol. The van der Waals surface area contributed by atoms with Crippen LogP contribution in [0.15, 0.2) is 0 Å². The molecule has 0 aromatic rings. The van der Waals surface area contributed by atoms with Crippen molar-refractivity contribution in [1.29, 1.82) is 0 Å². The fraction of sp³-hybridized carbons (Fsp3) is 1.00. The topological polar surface area (TPSA) is 0 Å². The van der Waals surface area contributed by atoms with E-state index >= 15 is 0 Å². The first-order valence-corrected chi connectivity index (χ1v) is 9.06. The predicted octanol–water partition coefficient (Wildman–Crippen LogP) is 5.57. The molecule has 0 amide bonds. The molecule has 0 spiro atoms. The Labute approximate surface area is 111 Å². The Bertz CT molecular complexity index is 176. The van der Waals surface area contributed by atoms with Crippen LogP contribution in [0.2, 0.25) is 0 Å². The second kappa shape index (κ2) is 7.92. The number of hydrogen-bond acceptors (Lipinski definition) is 2. The highest BCUT2D eigenvalue weighted by atomic mass is 32.2. The van der Waals surface area contributed by atoms with Gasteiger partial charge < -0.3 is 0 Å². The van der Waals surface area contributed by atoms with Crippen LogP contribution < -0.4 is 0 Å². The third-order valence-electron chi connectivity index (χ3n) is 3.81. The van der Waals surface area contributed by atoms with Crippen molar-refractivity contribution in [3.8, 4) is 0 Å². The minimum absolute atomic E-state index is 0.587. The summed E-state index contributed by atoms with van der Waals surface area (Å²) in [6, 6.07) is 0. The van der Waals surface area contributed by atoms with Crippen LogP contribution in [0.4, 0.5) is 0 Å². The molecular formula is C14H28S2. The summed E-state index contributed by atoms with van der Waals surface area (Å²) in [5, 5.41) is 0. The van der Waals surface area contributed by atoms with Crippen molar-refractivity contribution in [2.45, 2.75) is 70.3 Å². The van der Waals surface area contributed by atoms with Crippen molar-refractivity contribution in [1.82, 2.24) is 0 Å². The summed E-state index contributed by atoms with van der Waals surface area (Å²) >= 11 is 4.44. The van der Waals surface area contributed by atoms with E-state index in [2.05, 4.69) is 44.3 Å². The van der Waals surface area contributed by atoms with Crippen molar-refractivity contribution >= 4 is 23.5 Å². The molecule has 1 aliphatic heterocycles. The second-order valence-electron chi connectivity index (χ2n) is 5.25. The number of hydrogen-bond donors (Lipinski definition) is 0. The lowest BCUT2D eigenvalue weighted by Gasteiger charge is -2.38. The number of unbranched alkanes of at least 4 members (excludes halogenated alkanes) is 3. The molecule has 0 aromatic carbocycles. The molecule has 1 aliphatic rings. The summed E-state index contributed by atoms with van der Waals surface area (Å²) < 4.78 is 0.868. The third kappa shape index (κ3) is 4.52. The molecule has 2 heteroatoms. The summed E-state index contributed by atoms with van der Waals surface area (Å²) in [6.45, 7) is 7.20. The lowest BCUT2D eigenvalue weighted by Crippen LogP contribution is -2.29. The lowest BCUT2D eigenvalue weighted by atomic mass is 9.84. The Kier molecular flexibility index (Phi) is 7.30. The Morgan fingerprint density at radius 1 is 1.06 bits per heavy atom. The molecule has 1 rings (SSSR count). The minimum atomic E-state index is 0.587. The molecule has 0 N–H and O–H groups in total. The quantitative estimate of drug-likeness (QED) is 0.549. The smallest absolute Gasteiger partial charge is 0.0555 e. The van der Waals surface area contributed by atoms with Gasteiger partial charge in [0.1, 0.15) is 0 Å². The van der Waals surface area contributed by atoms with E-state index in [1.165, 1.54) is 56.5 Å². The fourth-order valence-corrected chi connectivity index (χ4v) is 5.88. The lowest BCUT2D eigenvalue weighted by molar-refractivity contribution is 0.301. The molecule has 0 nitrogen and oxygen atoms in total. The van der Waals surface area contributed by atoms with E-state index in [1.54, 1.807) is 0 Å². The van der Waals surface area contributed by atoms with E-state index in [4.69, 9.17) is 0 Å². The van der Waals surface area contributed by atoms with Gasteiger partial charge >= 0.3 is 0 Å². The minimum Gasteiger partial charge on any atom is -0.147 e. The first-order chi connectivity index (χ1) is 7.73. The van der Waals surface area contributed by atoms with E-state index in [0.29, 0.717) is 5.41 Å². The van der Waals surface area contributed by atoms with Gasteiger partial charge in [0.05, 0.1) is 4.58 Å². The summed E-state index contributed by atoms with van der Waals surface area (Å²) in [5.41, 5.74) is 0.587. The van der Waals surface area contributed by atoms with Gasteiger partial charge in [-0.25, -0.2) is 0 Å². The highest BCUT2D eigenvalue weighted by molar-refractivity contribution is 8.17. The normalized spacial score (nSPS) is 21.9. The van der Waals surface area contributed by atoms with E-state index < -0.39 is 0 Å². The monoisotopic (exact) mass is 260 g/mol. The summed E-state index contributed by atoms with van der Waals surface area (Å²) in [6.07, 6.45) is 9.86. The highest BCUT2D eigenvalue weighted by Crippen LogP contribution is 2.47. The van der Waals surface area contributed by atoms with Gasteiger partial charge in [-0.2, -0.15) is 0 Å². The van der Waals surface area contributed by atoms with Crippen molar-refractivity contribution < 1.29 is 0 Å². The second-order valence-corrected chi connectivity index (χ2v) is 7.97. The molecule has 1 heterocycles. The first-order valence-electron chi connectivity index (χ1n) is 6.96. The SMILES string of the molecule is CCCCCCC(C)(CC)C1SCCCS1. The van der Waals surface area contributed by atoms with E-state index in [1.807, 2.05) is 0 Å². The van der Waals surface area contributed by atoms with Crippen LogP contribution >= 0.6 is 23.5 Å². The Balaban J connectivity index is 2.35. The number of rotatable bonds is 7.